The van der Waals surface area contributed by atoms with Crippen molar-refractivity contribution in [1.29, 1.82) is 0 Å². The van der Waals surface area contributed by atoms with E-state index in [1.54, 1.807) is 0 Å². The van der Waals surface area contributed by atoms with Gasteiger partial charge in [-0.05, 0) is 208 Å². The molecule has 4 nitrogen and oxygen atoms in total. The van der Waals surface area contributed by atoms with E-state index in [2.05, 4.69) is 399 Å². The highest BCUT2D eigenvalue weighted by Gasteiger charge is 2.47. The molecule has 0 aliphatic carbocycles. The molecule has 0 unspecified atom stereocenters. The minimum absolute atomic E-state index is 0.127. The van der Waals surface area contributed by atoms with Crippen molar-refractivity contribution in [3.63, 3.8) is 0 Å². The maximum absolute atomic E-state index is 9.80. The van der Waals surface area contributed by atoms with E-state index in [1.165, 1.54) is 33.0 Å². The zero-order valence-corrected chi connectivity index (χ0v) is 65.2. The van der Waals surface area contributed by atoms with Gasteiger partial charge in [0, 0.05) is 77.9 Å². The van der Waals surface area contributed by atoms with Gasteiger partial charge in [0.1, 0.15) is 0 Å². The summed E-state index contributed by atoms with van der Waals surface area (Å²) < 4.78 is 52.0. The molecule has 5 heteroatoms. The molecule has 2 aliphatic rings. The average Bonchev–Trinajstić information content (AvgIpc) is 0.727. The van der Waals surface area contributed by atoms with Crippen LogP contribution in [0.2, 0.25) is 0 Å². The van der Waals surface area contributed by atoms with Crippen molar-refractivity contribution in [2.75, 3.05) is 9.80 Å². The van der Waals surface area contributed by atoms with E-state index in [0.717, 1.165) is 150 Å². The molecule has 111 heavy (non-hydrogen) atoms. The monoisotopic (exact) mass is 1440 g/mol. The fourth-order valence-corrected chi connectivity index (χ4v) is 17.6. The molecular weight excluding hydrogens is 1340 g/mol. The van der Waals surface area contributed by atoms with Gasteiger partial charge in [0.2, 0.25) is 0 Å². The molecule has 0 bridgehead atoms. The quantitative estimate of drug-likeness (QED) is 0.127. The summed E-state index contributed by atoms with van der Waals surface area (Å²) in [6.45, 7) is 27.1. The average molecular weight is 1440 g/mol. The second-order valence-corrected chi connectivity index (χ2v) is 34.5. The molecule has 0 saturated carbocycles. The van der Waals surface area contributed by atoms with E-state index >= 15 is 0 Å². The van der Waals surface area contributed by atoms with Gasteiger partial charge >= 0.3 is 0 Å². The number of benzene rings is 15. The molecule has 0 saturated heterocycles. The van der Waals surface area contributed by atoms with Crippen molar-refractivity contribution in [2.45, 2.75) is 105 Å². The summed E-state index contributed by atoms with van der Waals surface area (Å²) >= 11 is 0. The van der Waals surface area contributed by atoms with E-state index in [1.807, 2.05) is 6.07 Å². The maximum atomic E-state index is 9.80. The molecule has 0 radical (unpaired) electrons. The van der Waals surface area contributed by atoms with Crippen LogP contribution < -0.4 is 26.2 Å². The predicted octanol–water partition coefficient (Wildman–Crippen LogP) is 27.2. The third kappa shape index (κ3) is 11.6. The second-order valence-electron chi connectivity index (χ2n) is 34.5. The zero-order valence-electron chi connectivity index (χ0n) is 70.2. The van der Waals surface area contributed by atoms with Crippen molar-refractivity contribution >= 4 is 101 Å². The lowest BCUT2D eigenvalue weighted by Crippen LogP contribution is -2.61. The highest BCUT2D eigenvalue weighted by Crippen LogP contribution is 2.56. The fourth-order valence-electron chi connectivity index (χ4n) is 17.6. The minimum Gasteiger partial charge on any atom is -0.310 e. The Morgan fingerprint density at radius 2 is 0.694 bits per heavy atom. The Labute approximate surface area is 661 Å². The van der Waals surface area contributed by atoms with E-state index < -0.39 is 12.8 Å². The van der Waals surface area contributed by atoms with E-state index in [-0.39, 0.29) is 51.4 Å². The van der Waals surface area contributed by atoms with Gasteiger partial charge in [0.25, 0.3) is 6.71 Å². The Morgan fingerprint density at radius 3 is 1.18 bits per heavy atom. The van der Waals surface area contributed by atoms with Crippen LogP contribution in [0.1, 0.15) is 112 Å². The van der Waals surface area contributed by atoms with Gasteiger partial charge in [-0.2, -0.15) is 0 Å². The standard InChI is InChI=1S/C106H91BN4/c1-103(2,3)75-51-56-92-87(61-75)88-62-76(104(4,5)6)52-57-93(88)109(92)80-53-54-89-96(67-80)111(102-85(71-40-25-16-26-41-71)65-78(106(10,11)12)66-86(102)72-42-27-17-28-43-72)98-60-74(81-47-33-49-95-99(81)82-46-31-32-48-91(82)108(95)79-44-29-18-30-45-79)59-97-100(98)107(89)90-58-73(68-34-19-13-20-35-68)50-55-94(90)110(97)101-83(69-36-21-14-22-37-69)63-77(105(7,8)9)64-84(101)70-38-23-15-24-39-70/h13-67H,1-12H3/i13D,19D,20D,34D,35D. The summed E-state index contributed by atoms with van der Waals surface area (Å²) in [7, 11) is 0. The number of hydrogen-bond donors (Lipinski definition) is 0. The Balaban J connectivity index is 1.04. The lowest BCUT2D eigenvalue weighted by Gasteiger charge is -2.46. The number of hydrogen-bond acceptors (Lipinski definition) is 2. The van der Waals surface area contributed by atoms with Crippen LogP contribution in [0.15, 0.2) is 334 Å². The SMILES string of the molecule is [2H]c1c([2H])c([2H])c(-c2ccc3c(c2)B2c4ccc(-n5c6ccc(C(C)(C)C)cc6c6cc(C(C)(C)C)ccc65)cc4N(c4c(-c5ccccc5)cc(C(C)(C)C)cc4-c4ccccc4)c4cc(-c5cccc6c5c5ccccc5n6-c5ccccc5)cc(c42)N3c2c(-c3ccccc3)cc(C(C)(C)C)cc2-c2ccccc2)c([2H])c1[2H]. The molecule has 0 fully saturated rings. The summed E-state index contributed by atoms with van der Waals surface area (Å²) in [5.74, 6) is 0. The van der Waals surface area contributed by atoms with Gasteiger partial charge in [-0.3, -0.25) is 0 Å². The summed E-state index contributed by atoms with van der Waals surface area (Å²) in [6, 6.07) is 111. The van der Waals surface area contributed by atoms with Crippen molar-refractivity contribution in [2.24, 2.45) is 0 Å². The molecule has 0 atom stereocenters. The van der Waals surface area contributed by atoms with E-state index in [0.29, 0.717) is 5.56 Å². The van der Waals surface area contributed by atoms with Crippen molar-refractivity contribution in [1.82, 2.24) is 9.13 Å². The Morgan fingerprint density at radius 1 is 0.261 bits per heavy atom. The van der Waals surface area contributed by atoms with Gasteiger partial charge in [0.05, 0.1) is 40.3 Å². The summed E-state index contributed by atoms with van der Waals surface area (Å²) in [6.07, 6.45) is 0. The lowest BCUT2D eigenvalue weighted by atomic mass is 9.33. The van der Waals surface area contributed by atoms with E-state index in [4.69, 9.17) is 1.37 Å². The van der Waals surface area contributed by atoms with Crippen LogP contribution in [0.25, 0.3) is 122 Å². The molecule has 0 amide bonds. The highest BCUT2D eigenvalue weighted by atomic mass is 15.2. The van der Waals surface area contributed by atoms with Crippen LogP contribution >= 0.6 is 0 Å². The van der Waals surface area contributed by atoms with Crippen molar-refractivity contribution < 1.29 is 6.85 Å². The maximum Gasteiger partial charge on any atom is 0.252 e. The molecule has 17 aromatic rings. The molecule has 2 aliphatic heterocycles. The van der Waals surface area contributed by atoms with Gasteiger partial charge in [-0.15, -0.1) is 0 Å². The fraction of sp³-hybridized carbons (Fsp3) is 0.151. The summed E-state index contributed by atoms with van der Waals surface area (Å²) in [5, 5.41) is 4.62. The first-order valence-corrected chi connectivity index (χ1v) is 39.1. The first kappa shape index (κ1) is 63.5. The first-order chi connectivity index (χ1) is 55.7. The smallest absolute Gasteiger partial charge is 0.252 e. The molecule has 15 aromatic carbocycles. The molecule has 538 valence electrons. The molecule has 4 heterocycles. The predicted molar refractivity (Wildman–Crippen MR) is 477 cm³/mol. The van der Waals surface area contributed by atoms with Crippen LogP contribution in [0.3, 0.4) is 0 Å². The van der Waals surface area contributed by atoms with E-state index in [9.17, 15) is 5.48 Å². The minimum atomic E-state index is -0.564. The summed E-state index contributed by atoms with van der Waals surface area (Å²) in [5.41, 5.74) is 30.3. The van der Waals surface area contributed by atoms with Crippen LogP contribution in [0.4, 0.5) is 34.1 Å². The third-order valence-electron chi connectivity index (χ3n) is 23.4. The Bertz CT molecular complexity index is 6640. The molecular formula is C106H91BN4. The third-order valence-corrected chi connectivity index (χ3v) is 23.4. The number of aromatic nitrogens is 2. The normalized spacial score (nSPS) is 13.6. The molecule has 0 N–H and O–H groups in total. The zero-order chi connectivity index (χ0) is 80.3. The van der Waals surface area contributed by atoms with Gasteiger partial charge < -0.3 is 18.9 Å². The lowest BCUT2D eigenvalue weighted by molar-refractivity contribution is 0.590. The van der Waals surface area contributed by atoms with Crippen LogP contribution in [-0.4, -0.2) is 15.8 Å². The van der Waals surface area contributed by atoms with Gasteiger partial charge in [-0.1, -0.05) is 313 Å². The summed E-state index contributed by atoms with van der Waals surface area (Å²) in [4.78, 5) is 5.20. The number of nitrogens with zero attached hydrogens (tertiary/aromatic N) is 4. The van der Waals surface area contributed by atoms with Crippen molar-refractivity contribution in [3.8, 4) is 78.1 Å². The molecule has 19 rings (SSSR count). The van der Waals surface area contributed by atoms with Crippen LogP contribution in [0.5, 0.6) is 0 Å². The van der Waals surface area contributed by atoms with Gasteiger partial charge in [-0.25, -0.2) is 0 Å². The first-order valence-electron chi connectivity index (χ1n) is 41.6. The number of para-hydroxylation sites is 2. The number of rotatable bonds is 10. The second kappa shape index (κ2) is 26.1. The Hall–Kier alpha value is -12.4. The Kier molecular flexibility index (Phi) is 15.0. The molecule has 0 spiro atoms. The molecule has 2 aromatic heterocycles. The van der Waals surface area contributed by atoms with Crippen LogP contribution in [0, 0.1) is 0 Å². The largest absolute Gasteiger partial charge is 0.310 e. The topological polar surface area (TPSA) is 16.3 Å². The van der Waals surface area contributed by atoms with Crippen LogP contribution in [-0.2, 0) is 21.7 Å². The highest BCUT2D eigenvalue weighted by molar-refractivity contribution is 7.00. The van der Waals surface area contributed by atoms with Crippen molar-refractivity contribution in [3.05, 3.63) is 356 Å². The number of fused-ring (bicyclic) bond motifs is 10. The van der Waals surface area contributed by atoms with Gasteiger partial charge in [0.15, 0.2) is 0 Å². The number of anilines is 6.